The maximum atomic E-state index is 12.5. The summed E-state index contributed by atoms with van der Waals surface area (Å²) in [5, 5.41) is 43.7. The summed E-state index contributed by atoms with van der Waals surface area (Å²) in [5.41, 5.74) is 0. The van der Waals surface area contributed by atoms with Crippen molar-refractivity contribution < 1.29 is 25.2 Å². The molecule has 0 aliphatic rings. The van der Waals surface area contributed by atoms with Crippen LogP contribution in [0.4, 0.5) is 0 Å². The summed E-state index contributed by atoms with van der Waals surface area (Å²) < 4.78 is 0. The second-order valence-corrected chi connectivity index (χ2v) is 16.7. The zero-order chi connectivity index (χ0) is 41.7. The van der Waals surface area contributed by atoms with Crippen LogP contribution < -0.4 is 5.32 Å². The van der Waals surface area contributed by atoms with Crippen LogP contribution in [0.1, 0.15) is 239 Å². The van der Waals surface area contributed by atoms with E-state index in [4.69, 9.17) is 0 Å². The van der Waals surface area contributed by atoms with Crippen molar-refractivity contribution >= 4 is 5.91 Å². The summed E-state index contributed by atoms with van der Waals surface area (Å²) in [6.07, 6.45) is 56.0. The molecule has 0 rings (SSSR count). The maximum Gasteiger partial charge on any atom is 0.249 e. The molecule has 0 bridgehead atoms. The number of unbranched alkanes of at least 4 members (excludes halogenated alkanes) is 27. The van der Waals surface area contributed by atoms with Crippen LogP contribution in [-0.2, 0) is 4.79 Å². The highest BCUT2D eigenvalue weighted by Gasteiger charge is 2.28. The van der Waals surface area contributed by atoms with E-state index in [0.29, 0.717) is 19.3 Å². The molecule has 0 saturated carbocycles. The van der Waals surface area contributed by atoms with Crippen LogP contribution in [0.3, 0.4) is 0 Å². The van der Waals surface area contributed by atoms with E-state index in [2.05, 4.69) is 67.8 Å². The highest BCUT2D eigenvalue weighted by molar-refractivity contribution is 5.80. The number of hydrogen-bond donors (Lipinski definition) is 5. The van der Waals surface area contributed by atoms with Gasteiger partial charge in [0.15, 0.2) is 0 Å². The third-order valence-corrected chi connectivity index (χ3v) is 11.2. The summed E-state index contributed by atoms with van der Waals surface area (Å²) in [4.78, 5) is 12.5. The van der Waals surface area contributed by atoms with Crippen molar-refractivity contribution in [1.82, 2.24) is 5.32 Å². The largest absolute Gasteiger partial charge is 0.394 e. The second kappa shape index (κ2) is 45.4. The van der Waals surface area contributed by atoms with Gasteiger partial charge in [0.1, 0.15) is 12.2 Å². The number of aliphatic hydroxyl groups is 4. The van der Waals surface area contributed by atoms with Gasteiger partial charge in [0.05, 0.1) is 18.8 Å². The van der Waals surface area contributed by atoms with Crippen molar-refractivity contribution in [2.45, 2.75) is 263 Å². The second-order valence-electron chi connectivity index (χ2n) is 16.7. The Kier molecular flexibility index (Phi) is 44.0. The standard InChI is InChI=1S/C51H95NO5/c1-3-5-7-9-11-13-15-17-18-19-20-21-22-23-24-25-26-27-28-29-30-31-33-35-37-39-41-43-45-49(55)51(57)52-47(46-53)50(56)48(54)44-42-40-38-36-34-32-16-14-12-10-8-6-4-2/h6,8,14,16,23-24,36,38,47-50,53-56H,3-5,7,9-13,15,17-22,25-35,37,39-46H2,1-2H3,(H,52,57)/b8-6+,16-14+,24-23-,38-36+. The summed E-state index contributed by atoms with van der Waals surface area (Å²) in [5.74, 6) is -0.601. The predicted molar refractivity (Wildman–Crippen MR) is 247 cm³/mol. The van der Waals surface area contributed by atoms with Crippen LogP contribution >= 0.6 is 0 Å². The molecule has 0 aromatic rings. The third-order valence-electron chi connectivity index (χ3n) is 11.2. The Bertz CT molecular complexity index is 946. The summed E-state index contributed by atoms with van der Waals surface area (Å²) in [6.45, 7) is 3.93. The number of aliphatic hydroxyl groups excluding tert-OH is 4. The first kappa shape index (κ1) is 55.3. The molecule has 6 heteroatoms. The zero-order valence-corrected chi connectivity index (χ0v) is 37.6. The first-order valence-electron chi connectivity index (χ1n) is 24.5. The van der Waals surface area contributed by atoms with Gasteiger partial charge in [-0.05, 0) is 83.5 Å². The van der Waals surface area contributed by atoms with E-state index >= 15 is 0 Å². The Morgan fingerprint density at radius 2 is 0.789 bits per heavy atom. The maximum absolute atomic E-state index is 12.5. The van der Waals surface area contributed by atoms with Crippen LogP contribution in [-0.4, -0.2) is 57.3 Å². The summed E-state index contributed by atoms with van der Waals surface area (Å²) >= 11 is 0. The molecule has 0 heterocycles. The molecule has 0 spiro atoms. The van der Waals surface area contributed by atoms with E-state index in [1.807, 2.05) is 0 Å². The first-order valence-corrected chi connectivity index (χ1v) is 24.5. The molecule has 57 heavy (non-hydrogen) atoms. The molecule has 0 aliphatic heterocycles. The van der Waals surface area contributed by atoms with Crippen LogP contribution in [0, 0.1) is 0 Å². The van der Waals surface area contributed by atoms with Gasteiger partial charge in [-0.3, -0.25) is 4.79 Å². The molecule has 334 valence electrons. The fourth-order valence-electron chi connectivity index (χ4n) is 7.38. The van der Waals surface area contributed by atoms with Crippen LogP contribution in [0.5, 0.6) is 0 Å². The summed E-state index contributed by atoms with van der Waals surface area (Å²) in [7, 11) is 0. The van der Waals surface area contributed by atoms with Crippen molar-refractivity contribution in [2.75, 3.05) is 6.61 Å². The van der Waals surface area contributed by atoms with Crippen LogP contribution in [0.2, 0.25) is 0 Å². The van der Waals surface area contributed by atoms with Gasteiger partial charge in [-0.1, -0.05) is 204 Å². The van der Waals surface area contributed by atoms with Gasteiger partial charge in [-0.2, -0.15) is 0 Å². The smallest absolute Gasteiger partial charge is 0.249 e. The number of amides is 1. The number of rotatable bonds is 44. The lowest BCUT2D eigenvalue weighted by atomic mass is 10.00. The van der Waals surface area contributed by atoms with Crippen LogP contribution in [0.15, 0.2) is 48.6 Å². The lowest BCUT2D eigenvalue weighted by Crippen LogP contribution is -2.53. The molecule has 0 aromatic carbocycles. The Morgan fingerprint density at radius 3 is 1.19 bits per heavy atom. The molecule has 6 nitrogen and oxygen atoms in total. The molecule has 0 fully saturated rings. The van der Waals surface area contributed by atoms with E-state index in [9.17, 15) is 25.2 Å². The van der Waals surface area contributed by atoms with Gasteiger partial charge in [-0.25, -0.2) is 0 Å². The highest BCUT2D eigenvalue weighted by Crippen LogP contribution is 2.16. The lowest BCUT2D eigenvalue weighted by molar-refractivity contribution is -0.132. The number of allylic oxidation sites excluding steroid dienone is 8. The quantitative estimate of drug-likeness (QED) is 0.0311. The Morgan fingerprint density at radius 1 is 0.439 bits per heavy atom. The molecule has 4 unspecified atom stereocenters. The molecule has 0 saturated heterocycles. The Balaban J connectivity index is 3.66. The molecule has 5 N–H and O–H groups in total. The van der Waals surface area contributed by atoms with Gasteiger partial charge in [0, 0.05) is 0 Å². The van der Waals surface area contributed by atoms with Gasteiger partial charge < -0.3 is 25.7 Å². The van der Waals surface area contributed by atoms with Crippen molar-refractivity contribution in [3.63, 3.8) is 0 Å². The zero-order valence-electron chi connectivity index (χ0n) is 37.6. The minimum absolute atomic E-state index is 0.357. The van der Waals surface area contributed by atoms with Gasteiger partial charge in [0.2, 0.25) is 5.91 Å². The monoisotopic (exact) mass is 802 g/mol. The molecule has 0 aromatic heterocycles. The van der Waals surface area contributed by atoms with Gasteiger partial charge in [-0.15, -0.1) is 0 Å². The van der Waals surface area contributed by atoms with Crippen molar-refractivity contribution in [2.24, 2.45) is 0 Å². The van der Waals surface area contributed by atoms with Gasteiger partial charge in [0.25, 0.3) is 0 Å². The number of hydrogen-bond acceptors (Lipinski definition) is 5. The minimum atomic E-state index is -1.29. The molecular weight excluding hydrogens is 707 g/mol. The van der Waals surface area contributed by atoms with E-state index in [-0.39, 0.29) is 0 Å². The number of carbonyl (C=O) groups excluding carboxylic acids is 1. The summed E-state index contributed by atoms with van der Waals surface area (Å²) in [6, 6.07) is -1.01. The fourth-order valence-corrected chi connectivity index (χ4v) is 7.38. The van der Waals surface area contributed by atoms with E-state index in [1.54, 1.807) is 0 Å². The topological polar surface area (TPSA) is 110 Å². The van der Waals surface area contributed by atoms with Gasteiger partial charge >= 0.3 is 0 Å². The lowest BCUT2D eigenvalue weighted by Gasteiger charge is -2.27. The van der Waals surface area contributed by atoms with Crippen molar-refractivity contribution in [3.05, 3.63) is 48.6 Å². The average Bonchev–Trinajstić information content (AvgIpc) is 3.22. The molecule has 4 atom stereocenters. The molecule has 0 radical (unpaired) electrons. The van der Waals surface area contributed by atoms with E-state index in [0.717, 1.165) is 57.8 Å². The first-order chi connectivity index (χ1) is 28.0. The third kappa shape index (κ3) is 39.5. The SMILES string of the molecule is CC/C=C/CC/C=C/CC/C=C/CCCC(O)C(O)C(CO)NC(=O)C(O)CCCCCCCCCCCCCC/C=C\CCCCCCCCCCCCCC. The van der Waals surface area contributed by atoms with Crippen molar-refractivity contribution in [3.8, 4) is 0 Å². The fraction of sp³-hybridized carbons (Fsp3) is 0.824. The van der Waals surface area contributed by atoms with Crippen LogP contribution in [0.25, 0.3) is 0 Å². The van der Waals surface area contributed by atoms with E-state index in [1.165, 1.54) is 148 Å². The van der Waals surface area contributed by atoms with E-state index < -0.39 is 36.9 Å². The Labute approximate surface area is 353 Å². The van der Waals surface area contributed by atoms with Crippen molar-refractivity contribution in [1.29, 1.82) is 0 Å². The normalized spacial score (nSPS) is 14.4. The minimum Gasteiger partial charge on any atom is -0.394 e. The molecule has 0 aliphatic carbocycles. The predicted octanol–water partition coefficient (Wildman–Crippen LogP) is 13.5. The molecular formula is C51H95NO5. The number of nitrogens with one attached hydrogen (secondary N) is 1. The Hall–Kier alpha value is -1.73. The number of carbonyl (C=O) groups is 1. The molecule has 1 amide bonds. The highest BCUT2D eigenvalue weighted by atomic mass is 16.3. The average molecular weight is 802 g/mol.